The largest absolute Gasteiger partial charge is 0.489 e. The van der Waals surface area contributed by atoms with E-state index in [2.05, 4.69) is 16.4 Å². The summed E-state index contributed by atoms with van der Waals surface area (Å²) in [4.78, 5) is 4.33. The molecule has 1 aliphatic carbocycles. The fourth-order valence-electron chi connectivity index (χ4n) is 2.96. The van der Waals surface area contributed by atoms with Gasteiger partial charge >= 0.3 is 0 Å². The maximum atomic E-state index is 5.73. The molecule has 0 bridgehead atoms. The van der Waals surface area contributed by atoms with E-state index in [-0.39, 0.29) is 6.10 Å². The SMILES string of the molecule is CNCC1CCCC1c1cncc(OC(C)C)c1. The number of rotatable bonds is 5. The summed E-state index contributed by atoms with van der Waals surface area (Å²) < 4.78 is 5.73. The van der Waals surface area contributed by atoms with E-state index >= 15 is 0 Å². The van der Waals surface area contributed by atoms with Crippen LogP contribution in [0.2, 0.25) is 0 Å². The number of ether oxygens (including phenoxy) is 1. The summed E-state index contributed by atoms with van der Waals surface area (Å²) in [6.07, 6.45) is 7.95. The minimum absolute atomic E-state index is 0.207. The van der Waals surface area contributed by atoms with Crippen LogP contribution in [0.15, 0.2) is 18.5 Å². The third kappa shape index (κ3) is 3.22. The van der Waals surface area contributed by atoms with Crippen molar-refractivity contribution in [3.05, 3.63) is 24.0 Å². The Kier molecular flexibility index (Phi) is 4.59. The quantitative estimate of drug-likeness (QED) is 0.870. The van der Waals surface area contributed by atoms with Crippen molar-refractivity contribution < 1.29 is 4.74 Å². The molecule has 0 saturated heterocycles. The second-order valence-electron chi connectivity index (χ2n) is 5.48. The van der Waals surface area contributed by atoms with Gasteiger partial charge in [0, 0.05) is 6.20 Å². The Morgan fingerprint density at radius 2 is 2.22 bits per heavy atom. The summed E-state index contributed by atoms with van der Waals surface area (Å²) in [7, 11) is 2.03. The van der Waals surface area contributed by atoms with Crippen LogP contribution in [-0.2, 0) is 0 Å². The summed E-state index contributed by atoms with van der Waals surface area (Å²) in [6, 6.07) is 2.17. The molecule has 100 valence electrons. The molecule has 1 aromatic rings. The van der Waals surface area contributed by atoms with Crippen molar-refractivity contribution in [2.24, 2.45) is 5.92 Å². The van der Waals surface area contributed by atoms with Crippen molar-refractivity contribution in [1.82, 2.24) is 10.3 Å². The molecule has 0 radical (unpaired) electrons. The van der Waals surface area contributed by atoms with E-state index in [4.69, 9.17) is 4.74 Å². The summed E-state index contributed by atoms with van der Waals surface area (Å²) in [6.45, 7) is 5.19. The molecule has 1 aliphatic rings. The molecular formula is C15H24N2O. The van der Waals surface area contributed by atoms with Gasteiger partial charge in [-0.3, -0.25) is 4.98 Å². The van der Waals surface area contributed by atoms with Crippen LogP contribution in [-0.4, -0.2) is 24.7 Å². The monoisotopic (exact) mass is 248 g/mol. The number of hydrogen-bond acceptors (Lipinski definition) is 3. The lowest BCUT2D eigenvalue weighted by molar-refractivity contribution is 0.241. The van der Waals surface area contributed by atoms with E-state index in [0.29, 0.717) is 5.92 Å². The molecule has 3 heteroatoms. The van der Waals surface area contributed by atoms with Crippen LogP contribution in [0.3, 0.4) is 0 Å². The summed E-state index contributed by atoms with van der Waals surface area (Å²) in [5.41, 5.74) is 1.34. The Hall–Kier alpha value is -1.09. The van der Waals surface area contributed by atoms with Gasteiger partial charge in [-0.05, 0) is 63.7 Å². The lowest BCUT2D eigenvalue weighted by atomic mass is 9.90. The lowest BCUT2D eigenvalue weighted by Gasteiger charge is -2.20. The van der Waals surface area contributed by atoms with Crippen LogP contribution in [0.5, 0.6) is 5.75 Å². The van der Waals surface area contributed by atoms with Crippen LogP contribution >= 0.6 is 0 Å². The molecular weight excluding hydrogens is 224 g/mol. The average Bonchev–Trinajstić information content (AvgIpc) is 2.77. The number of nitrogens with one attached hydrogen (secondary N) is 1. The van der Waals surface area contributed by atoms with Gasteiger partial charge in [-0.2, -0.15) is 0 Å². The zero-order chi connectivity index (χ0) is 13.0. The number of hydrogen-bond donors (Lipinski definition) is 1. The van der Waals surface area contributed by atoms with Gasteiger partial charge in [-0.1, -0.05) is 6.42 Å². The van der Waals surface area contributed by atoms with Crippen LogP contribution in [0.1, 0.15) is 44.6 Å². The van der Waals surface area contributed by atoms with Gasteiger partial charge in [0.25, 0.3) is 0 Å². The van der Waals surface area contributed by atoms with Gasteiger partial charge in [0.15, 0.2) is 0 Å². The first-order valence-corrected chi connectivity index (χ1v) is 6.97. The number of nitrogens with zero attached hydrogens (tertiary/aromatic N) is 1. The average molecular weight is 248 g/mol. The van der Waals surface area contributed by atoms with Gasteiger partial charge in [-0.15, -0.1) is 0 Å². The molecule has 0 spiro atoms. The third-order valence-corrected chi connectivity index (χ3v) is 3.66. The minimum Gasteiger partial charge on any atom is -0.489 e. The predicted molar refractivity (Wildman–Crippen MR) is 74.0 cm³/mol. The highest BCUT2D eigenvalue weighted by Gasteiger charge is 2.28. The van der Waals surface area contributed by atoms with E-state index in [1.54, 1.807) is 0 Å². The Labute approximate surface area is 110 Å². The molecule has 1 fully saturated rings. The normalized spacial score (nSPS) is 23.6. The number of pyridine rings is 1. The molecule has 0 amide bonds. The van der Waals surface area contributed by atoms with Crippen molar-refractivity contribution in [3.63, 3.8) is 0 Å². The van der Waals surface area contributed by atoms with E-state index < -0.39 is 0 Å². The first-order chi connectivity index (χ1) is 8.70. The highest BCUT2D eigenvalue weighted by molar-refractivity contribution is 5.27. The Balaban J connectivity index is 2.12. The molecule has 0 aromatic carbocycles. The van der Waals surface area contributed by atoms with Crippen LogP contribution in [0, 0.1) is 5.92 Å². The van der Waals surface area contributed by atoms with Crippen LogP contribution < -0.4 is 10.1 Å². The topological polar surface area (TPSA) is 34.2 Å². The van der Waals surface area contributed by atoms with Crippen molar-refractivity contribution in [2.75, 3.05) is 13.6 Å². The van der Waals surface area contributed by atoms with Crippen molar-refractivity contribution in [1.29, 1.82) is 0 Å². The molecule has 2 rings (SSSR count). The summed E-state index contributed by atoms with van der Waals surface area (Å²) in [5.74, 6) is 2.28. The molecule has 1 aromatic heterocycles. The third-order valence-electron chi connectivity index (χ3n) is 3.66. The Morgan fingerprint density at radius 1 is 1.39 bits per heavy atom. The van der Waals surface area contributed by atoms with Crippen LogP contribution in [0.4, 0.5) is 0 Å². The predicted octanol–water partition coefficient (Wildman–Crippen LogP) is 2.97. The fourth-order valence-corrected chi connectivity index (χ4v) is 2.96. The first-order valence-electron chi connectivity index (χ1n) is 6.97. The molecule has 2 unspecified atom stereocenters. The smallest absolute Gasteiger partial charge is 0.138 e. The van der Waals surface area contributed by atoms with Gasteiger partial charge in [0.2, 0.25) is 0 Å². The molecule has 18 heavy (non-hydrogen) atoms. The van der Waals surface area contributed by atoms with Crippen molar-refractivity contribution >= 4 is 0 Å². The van der Waals surface area contributed by atoms with Crippen molar-refractivity contribution in [3.8, 4) is 5.75 Å². The summed E-state index contributed by atoms with van der Waals surface area (Å²) >= 11 is 0. The standard InChI is InChI=1S/C15H24N2O/c1-11(2)18-14-7-13(9-17-10-14)15-6-4-5-12(15)8-16-3/h7,9-12,15-16H,4-6,8H2,1-3H3. The van der Waals surface area contributed by atoms with Gasteiger partial charge < -0.3 is 10.1 Å². The fraction of sp³-hybridized carbons (Fsp3) is 0.667. The highest BCUT2D eigenvalue weighted by Crippen LogP contribution is 2.39. The summed E-state index contributed by atoms with van der Waals surface area (Å²) in [5, 5.41) is 3.30. The molecule has 1 heterocycles. The molecule has 1 saturated carbocycles. The maximum Gasteiger partial charge on any atom is 0.138 e. The second kappa shape index (κ2) is 6.19. The molecule has 2 atom stereocenters. The van der Waals surface area contributed by atoms with E-state index in [0.717, 1.165) is 18.2 Å². The van der Waals surface area contributed by atoms with Gasteiger partial charge in [-0.25, -0.2) is 0 Å². The van der Waals surface area contributed by atoms with Crippen molar-refractivity contribution in [2.45, 2.75) is 45.1 Å². The Bertz CT molecular complexity index is 379. The lowest BCUT2D eigenvalue weighted by Crippen LogP contribution is -2.21. The van der Waals surface area contributed by atoms with E-state index in [9.17, 15) is 0 Å². The second-order valence-corrected chi connectivity index (χ2v) is 5.48. The Morgan fingerprint density at radius 3 is 2.94 bits per heavy atom. The minimum atomic E-state index is 0.207. The zero-order valence-electron chi connectivity index (χ0n) is 11.6. The first kappa shape index (κ1) is 13.3. The highest BCUT2D eigenvalue weighted by atomic mass is 16.5. The molecule has 1 N–H and O–H groups in total. The maximum absolute atomic E-state index is 5.73. The zero-order valence-corrected chi connectivity index (χ0v) is 11.6. The van der Waals surface area contributed by atoms with Gasteiger partial charge in [0.1, 0.15) is 5.75 Å². The van der Waals surface area contributed by atoms with E-state index in [1.165, 1.54) is 24.8 Å². The van der Waals surface area contributed by atoms with Crippen LogP contribution in [0.25, 0.3) is 0 Å². The molecule has 0 aliphatic heterocycles. The van der Waals surface area contributed by atoms with Gasteiger partial charge in [0.05, 0.1) is 12.3 Å². The van der Waals surface area contributed by atoms with E-state index in [1.807, 2.05) is 33.3 Å². The molecule has 3 nitrogen and oxygen atoms in total. The number of aromatic nitrogens is 1.